The van der Waals surface area contributed by atoms with Gasteiger partial charge in [0.25, 0.3) is 0 Å². The highest BCUT2D eigenvalue weighted by Gasteiger charge is 2.01. The van der Waals surface area contributed by atoms with Gasteiger partial charge < -0.3 is 4.90 Å². The summed E-state index contributed by atoms with van der Waals surface area (Å²) in [6, 6.07) is 7.94. The van der Waals surface area contributed by atoms with Crippen LogP contribution in [0.2, 0.25) is 0 Å². The Kier molecular flexibility index (Phi) is 2.18. The van der Waals surface area contributed by atoms with E-state index in [1.165, 1.54) is 0 Å². The van der Waals surface area contributed by atoms with E-state index in [0.717, 1.165) is 16.7 Å². The highest BCUT2D eigenvalue weighted by Crippen LogP contribution is 2.21. The maximum Gasteiger partial charge on any atom is 0.182 e. The Bertz CT molecular complexity index is 456. The molecule has 2 rings (SSSR count). The largest absolute Gasteiger partial charge is 0.369 e. The number of aliphatic imine (C=N–C) groups is 1. The number of fused-ring (bicyclic) bond motifs is 1. The van der Waals surface area contributed by atoms with Gasteiger partial charge in [-0.2, -0.15) is 5.10 Å². The first-order valence-corrected chi connectivity index (χ1v) is 4.41. The first-order valence-electron chi connectivity index (χ1n) is 4.41. The molecule has 2 aromatic rings. The summed E-state index contributed by atoms with van der Waals surface area (Å²) < 4.78 is 0. The summed E-state index contributed by atoms with van der Waals surface area (Å²) in [5.41, 5.74) is 1.01. The van der Waals surface area contributed by atoms with Crippen LogP contribution < -0.4 is 0 Å². The van der Waals surface area contributed by atoms with Crippen molar-refractivity contribution in [3.05, 3.63) is 24.3 Å². The molecule has 1 aromatic heterocycles. The van der Waals surface area contributed by atoms with Gasteiger partial charge in [0, 0.05) is 19.5 Å². The van der Waals surface area contributed by atoms with Gasteiger partial charge in [-0.1, -0.05) is 12.1 Å². The van der Waals surface area contributed by atoms with Gasteiger partial charge in [-0.25, -0.2) is 4.99 Å². The van der Waals surface area contributed by atoms with Crippen LogP contribution in [0.4, 0.5) is 5.82 Å². The first-order chi connectivity index (χ1) is 6.77. The molecule has 0 saturated carbocycles. The highest BCUT2D eigenvalue weighted by molar-refractivity contribution is 5.89. The van der Waals surface area contributed by atoms with E-state index in [4.69, 9.17) is 0 Å². The number of para-hydroxylation sites is 1. The maximum atomic E-state index is 4.25. The fourth-order valence-electron chi connectivity index (χ4n) is 1.22. The van der Waals surface area contributed by atoms with Gasteiger partial charge in [0.2, 0.25) is 0 Å². The van der Waals surface area contributed by atoms with Crippen molar-refractivity contribution in [3.63, 3.8) is 0 Å². The van der Waals surface area contributed by atoms with Crippen molar-refractivity contribution in [2.75, 3.05) is 14.1 Å². The first kappa shape index (κ1) is 8.74. The monoisotopic (exact) mass is 188 g/mol. The van der Waals surface area contributed by atoms with Crippen LogP contribution in [0.25, 0.3) is 10.9 Å². The molecule has 14 heavy (non-hydrogen) atoms. The third-order valence-electron chi connectivity index (χ3n) is 1.86. The van der Waals surface area contributed by atoms with Crippen molar-refractivity contribution >= 4 is 23.1 Å². The zero-order valence-corrected chi connectivity index (χ0v) is 8.23. The number of hydrogen-bond acceptors (Lipinski definition) is 2. The standard InChI is InChI=1S/C10H12N4/c1-14(2)7-11-10-8-5-3-4-6-9(8)12-13-10/h3-7H,1-2H3,(H,12,13). The van der Waals surface area contributed by atoms with Crippen LogP contribution in [0.1, 0.15) is 0 Å². The number of H-pyrrole nitrogens is 1. The second-order valence-electron chi connectivity index (χ2n) is 3.30. The molecule has 0 bridgehead atoms. The molecule has 0 aliphatic rings. The second-order valence-corrected chi connectivity index (χ2v) is 3.30. The molecule has 0 fully saturated rings. The molecule has 4 heteroatoms. The predicted molar refractivity (Wildman–Crippen MR) is 57.9 cm³/mol. The Hall–Kier alpha value is -1.84. The van der Waals surface area contributed by atoms with Gasteiger partial charge in [0.15, 0.2) is 5.82 Å². The Labute approximate surface area is 82.3 Å². The summed E-state index contributed by atoms with van der Waals surface area (Å²) in [6.07, 6.45) is 1.74. The van der Waals surface area contributed by atoms with Gasteiger partial charge in [-0.3, -0.25) is 5.10 Å². The summed E-state index contributed by atoms with van der Waals surface area (Å²) >= 11 is 0. The quantitative estimate of drug-likeness (QED) is 0.576. The van der Waals surface area contributed by atoms with Crippen LogP contribution in [0.5, 0.6) is 0 Å². The van der Waals surface area contributed by atoms with Crippen molar-refractivity contribution in [2.45, 2.75) is 0 Å². The second kappa shape index (κ2) is 3.49. The molecule has 0 spiro atoms. The predicted octanol–water partition coefficient (Wildman–Crippen LogP) is 1.78. The molecule has 1 heterocycles. The lowest BCUT2D eigenvalue weighted by atomic mass is 10.2. The van der Waals surface area contributed by atoms with Crippen LogP contribution in [0.3, 0.4) is 0 Å². The van der Waals surface area contributed by atoms with Gasteiger partial charge >= 0.3 is 0 Å². The molecule has 0 aliphatic heterocycles. The van der Waals surface area contributed by atoms with E-state index in [1.807, 2.05) is 43.3 Å². The fourth-order valence-corrected chi connectivity index (χ4v) is 1.22. The molecule has 0 aliphatic carbocycles. The minimum atomic E-state index is 0.731. The van der Waals surface area contributed by atoms with Crippen LogP contribution in [-0.4, -0.2) is 35.5 Å². The zero-order valence-electron chi connectivity index (χ0n) is 8.23. The number of benzene rings is 1. The smallest absolute Gasteiger partial charge is 0.182 e. The topological polar surface area (TPSA) is 44.3 Å². The Morgan fingerprint density at radius 1 is 1.36 bits per heavy atom. The van der Waals surface area contributed by atoms with E-state index >= 15 is 0 Å². The summed E-state index contributed by atoms with van der Waals surface area (Å²) in [7, 11) is 3.86. The van der Waals surface area contributed by atoms with Gasteiger partial charge in [0.1, 0.15) is 0 Å². The average Bonchev–Trinajstić information content (AvgIpc) is 2.58. The van der Waals surface area contributed by atoms with Crippen molar-refractivity contribution in [1.82, 2.24) is 15.1 Å². The minimum absolute atomic E-state index is 0.731. The number of nitrogens with one attached hydrogen (secondary N) is 1. The van der Waals surface area contributed by atoms with Gasteiger partial charge in [-0.05, 0) is 12.1 Å². The normalized spacial score (nSPS) is 11.3. The van der Waals surface area contributed by atoms with Crippen molar-refractivity contribution in [1.29, 1.82) is 0 Å². The Balaban J connectivity index is 2.43. The van der Waals surface area contributed by atoms with Crippen molar-refractivity contribution < 1.29 is 0 Å². The Morgan fingerprint density at radius 2 is 2.14 bits per heavy atom. The van der Waals surface area contributed by atoms with E-state index in [2.05, 4.69) is 15.2 Å². The number of rotatable bonds is 2. The molecule has 0 amide bonds. The third-order valence-corrected chi connectivity index (χ3v) is 1.86. The van der Waals surface area contributed by atoms with E-state index in [-0.39, 0.29) is 0 Å². The number of aromatic amines is 1. The summed E-state index contributed by atoms with van der Waals surface area (Å²) in [5.74, 6) is 0.731. The molecular formula is C10H12N4. The molecule has 0 radical (unpaired) electrons. The molecule has 72 valence electrons. The molecule has 4 nitrogen and oxygen atoms in total. The lowest BCUT2D eigenvalue weighted by Gasteiger charge is -2.00. The minimum Gasteiger partial charge on any atom is -0.369 e. The van der Waals surface area contributed by atoms with Crippen LogP contribution >= 0.6 is 0 Å². The maximum absolute atomic E-state index is 4.25. The van der Waals surface area contributed by atoms with Gasteiger partial charge in [0.05, 0.1) is 11.9 Å². The van der Waals surface area contributed by atoms with Crippen molar-refractivity contribution in [3.8, 4) is 0 Å². The van der Waals surface area contributed by atoms with E-state index < -0.39 is 0 Å². The van der Waals surface area contributed by atoms with Crippen LogP contribution in [0.15, 0.2) is 29.3 Å². The Morgan fingerprint density at radius 3 is 2.93 bits per heavy atom. The SMILES string of the molecule is CN(C)C=Nc1n[nH]c2ccccc12. The molecule has 1 N–H and O–H groups in total. The van der Waals surface area contributed by atoms with Crippen molar-refractivity contribution in [2.24, 2.45) is 4.99 Å². The molecular weight excluding hydrogens is 176 g/mol. The zero-order chi connectivity index (χ0) is 9.97. The van der Waals surface area contributed by atoms with Gasteiger partial charge in [-0.15, -0.1) is 0 Å². The average molecular weight is 188 g/mol. The molecule has 0 unspecified atom stereocenters. The fraction of sp³-hybridized carbons (Fsp3) is 0.200. The third kappa shape index (κ3) is 1.59. The number of hydrogen-bond donors (Lipinski definition) is 1. The molecule has 0 saturated heterocycles. The van der Waals surface area contributed by atoms with E-state index in [9.17, 15) is 0 Å². The number of aromatic nitrogens is 2. The lowest BCUT2D eigenvalue weighted by Crippen LogP contribution is -2.06. The summed E-state index contributed by atoms with van der Waals surface area (Å²) in [6.45, 7) is 0. The number of nitrogens with zero attached hydrogens (tertiary/aromatic N) is 3. The summed E-state index contributed by atoms with van der Waals surface area (Å²) in [5, 5.41) is 8.09. The van der Waals surface area contributed by atoms with E-state index in [0.29, 0.717) is 0 Å². The van der Waals surface area contributed by atoms with Crippen LogP contribution in [-0.2, 0) is 0 Å². The van der Waals surface area contributed by atoms with Crippen LogP contribution in [0, 0.1) is 0 Å². The lowest BCUT2D eigenvalue weighted by molar-refractivity contribution is 0.643. The molecule has 1 aromatic carbocycles. The highest BCUT2D eigenvalue weighted by atomic mass is 15.2. The van der Waals surface area contributed by atoms with E-state index in [1.54, 1.807) is 6.34 Å². The molecule has 0 atom stereocenters. The summed E-state index contributed by atoms with van der Waals surface area (Å²) in [4.78, 5) is 6.13.